The van der Waals surface area contributed by atoms with E-state index in [4.69, 9.17) is 24.3 Å². The third kappa shape index (κ3) is 6.05. The number of aliphatic carboxylic acids is 1. The summed E-state index contributed by atoms with van der Waals surface area (Å²) in [6, 6.07) is 15.8. The maximum atomic E-state index is 11.1. The molecule has 2 aliphatic rings. The average molecular weight is 503 g/mol. The van der Waals surface area contributed by atoms with Gasteiger partial charge in [0.15, 0.2) is 0 Å². The molecule has 0 spiro atoms. The van der Waals surface area contributed by atoms with Gasteiger partial charge in [0, 0.05) is 29.7 Å². The van der Waals surface area contributed by atoms with Crippen molar-refractivity contribution in [1.29, 1.82) is 0 Å². The van der Waals surface area contributed by atoms with Gasteiger partial charge in [0.2, 0.25) is 5.88 Å². The number of carbonyl (C=O) groups is 1. The summed E-state index contributed by atoms with van der Waals surface area (Å²) in [7, 11) is 0. The first kappa shape index (κ1) is 25.1. The SMILES string of the molecule is Cc1cc(OCCN2CCCC2)cc(C)c1-c1cccc(OCc2ccc3c(c2)OCC3CC(=O)O)n1. The van der Waals surface area contributed by atoms with Crippen LogP contribution < -0.4 is 14.2 Å². The van der Waals surface area contributed by atoms with E-state index in [2.05, 4.69) is 30.9 Å². The highest BCUT2D eigenvalue weighted by Crippen LogP contribution is 2.37. The lowest BCUT2D eigenvalue weighted by Crippen LogP contribution is -2.25. The second-order valence-corrected chi connectivity index (χ2v) is 9.96. The highest BCUT2D eigenvalue weighted by atomic mass is 16.5. The van der Waals surface area contributed by atoms with Gasteiger partial charge in [-0.15, -0.1) is 0 Å². The highest BCUT2D eigenvalue weighted by Gasteiger charge is 2.26. The number of carboxylic acids is 1. The first-order chi connectivity index (χ1) is 18.0. The zero-order chi connectivity index (χ0) is 25.8. The summed E-state index contributed by atoms with van der Waals surface area (Å²) in [6.45, 7) is 8.96. The van der Waals surface area contributed by atoms with Crippen LogP contribution in [0.2, 0.25) is 0 Å². The molecule has 1 N–H and O–H groups in total. The molecule has 37 heavy (non-hydrogen) atoms. The Kier molecular flexibility index (Phi) is 7.60. The Morgan fingerprint density at radius 2 is 1.86 bits per heavy atom. The van der Waals surface area contributed by atoms with Crippen LogP contribution in [0.15, 0.2) is 48.5 Å². The molecule has 3 aromatic rings. The van der Waals surface area contributed by atoms with Gasteiger partial charge in [0.1, 0.15) is 24.7 Å². The van der Waals surface area contributed by atoms with E-state index >= 15 is 0 Å². The fraction of sp³-hybridized carbons (Fsp3) is 0.400. The average Bonchev–Trinajstić information content (AvgIpc) is 3.52. The molecular formula is C30H34N2O5. The van der Waals surface area contributed by atoms with E-state index in [9.17, 15) is 4.79 Å². The minimum atomic E-state index is -0.815. The first-order valence-electron chi connectivity index (χ1n) is 13.0. The Morgan fingerprint density at radius 3 is 2.62 bits per heavy atom. The van der Waals surface area contributed by atoms with E-state index in [0.717, 1.165) is 51.6 Å². The number of carboxylic acid groups (broad SMARTS) is 1. The highest BCUT2D eigenvalue weighted by molar-refractivity contribution is 5.69. The van der Waals surface area contributed by atoms with E-state index in [1.807, 2.05) is 36.4 Å². The number of benzene rings is 2. The van der Waals surface area contributed by atoms with E-state index in [-0.39, 0.29) is 12.3 Å². The van der Waals surface area contributed by atoms with Gasteiger partial charge in [0.25, 0.3) is 0 Å². The van der Waals surface area contributed by atoms with Crippen molar-refractivity contribution < 1.29 is 24.1 Å². The molecule has 7 heteroatoms. The van der Waals surface area contributed by atoms with Gasteiger partial charge in [0.05, 0.1) is 18.7 Å². The Bertz CT molecular complexity index is 1250. The standard InChI is InChI=1S/C30H34N2O5/c1-20-14-24(35-13-12-32-10-3-4-11-32)15-21(2)30(20)26-6-5-7-28(31-26)37-18-22-8-9-25-23(17-29(33)34)19-36-27(25)16-22/h5-9,14-16,23H,3-4,10-13,17-19H2,1-2H3,(H,33,34). The Labute approximate surface area is 218 Å². The summed E-state index contributed by atoms with van der Waals surface area (Å²) in [6.07, 6.45) is 2.66. The minimum Gasteiger partial charge on any atom is -0.493 e. The molecule has 2 aliphatic heterocycles. The number of fused-ring (bicyclic) bond motifs is 1. The van der Waals surface area contributed by atoms with E-state index < -0.39 is 5.97 Å². The van der Waals surface area contributed by atoms with Gasteiger partial charge in [-0.05, 0) is 80.7 Å². The van der Waals surface area contributed by atoms with Crippen molar-refractivity contribution >= 4 is 5.97 Å². The molecule has 1 fully saturated rings. The molecule has 0 saturated carbocycles. The van der Waals surface area contributed by atoms with Crippen molar-refractivity contribution in [2.75, 3.05) is 32.8 Å². The number of likely N-dealkylation sites (tertiary alicyclic amines) is 1. The molecule has 0 amide bonds. The molecule has 1 saturated heterocycles. The zero-order valence-electron chi connectivity index (χ0n) is 21.5. The van der Waals surface area contributed by atoms with E-state index in [1.54, 1.807) is 0 Å². The normalized spacial score (nSPS) is 16.9. The van der Waals surface area contributed by atoms with Crippen molar-refractivity contribution in [3.8, 4) is 28.6 Å². The molecule has 2 aromatic carbocycles. The fourth-order valence-electron chi connectivity index (χ4n) is 5.29. The van der Waals surface area contributed by atoms with E-state index in [1.165, 1.54) is 25.9 Å². The number of pyridine rings is 1. The number of ether oxygens (including phenoxy) is 3. The number of hydrogen-bond acceptors (Lipinski definition) is 6. The quantitative estimate of drug-likeness (QED) is 0.399. The summed E-state index contributed by atoms with van der Waals surface area (Å²) in [5.41, 5.74) is 6.09. The van der Waals surface area contributed by atoms with E-state index in [0.29, 0.717) is 25.7 Å². The van der Waals surface area contributed by atoms with Crippen LogP contribution in [0.4, 0.5) is 0 Å². The first-order valence-corrected chi connectivity index (χ1v) is 13.0. The monoisotopic (exact) mass is 502 g/mol. The molecular weight excluding hydrogens is 468 g/mol. The number of aryl methyl sites for hydroxylation is 2. The van der Waals surface area contributed by atoms with Gasteiger partial charge in [-0.25, -0.2) is 4.98 Å². The zero-order valence-corrected chi connectivity index (χ0v) is 21.5. The summed E-state index contributed by atoms with van der Waals surface area (Å²) < 4.78 is 17.8. The van der Waals surface area contributed by atoms with Crippen LogP contribution in [0, 0.1) is 13.8 Å². The lowest BCUT2D eigenvalue weighted by atomic mass is 9.97. The molecule has 3 heterocycles. The van der Waals surface area contributed by atoms with Crippen molar-refractivity contribution in [2.45, 2.75) is 45.6 Å². The summed E-state index contributed by atoms with van der Waals surface area (Å²) in [4.78, 5) is 18.3. The van der Waals surface area contributed by atoms with Crippen LogP contribution in [0.1, 0.15) is 47.4 Å². The third-order valence-electron chi connectivity index (χ3n) is 7.13. The Hall–Kier alpha value is -3.58. The lowest BCUT2D eigenvalue weighted by molar-refractivity contribution is -0.137. The molecule has 5 rings (SSSR count). The third-order valence-corrected chi connectivity index (χ3v) is 7.13. The second kappa shape index (κ2) is 11.2. The predicted octanol–water partition coefficient (Wildman–Crippen LogP) is 5.37. The number of hydrogen-bond donors (Lipinski definition) is 1. The van der Waals surface area contributed by atoms with Crippen molar-refractivity contribution in [3.05, 3.63) is 70.8 Å². The van der Waals surface area contributed by atoms with Crippen LogP contribution in [-0.2, 0) is 11.4 Å². The number of nitrogens with zero attached hydrogens (tertiary/aromatic N) is 2. The molecule has 194 valence electrons. The summed E-state index contributed by atoms with van der Waals surface area (Å²) in [5, 5.41) is 9.10. The van der Waals surface area contributed by atoms with Gasteiger partial charge >= 0.3 is 5.97 Å². The molecule has 0 aliphatic carbocycles. The van der Waals surface area contributed by atoms with Crippen LogP contribution in [-0.4, -0.2) is 53.8 Å². The lowest BCUT2D eigenvalue weighted by Gasteiger charge is -2.17. The molecule has 0 bridgehead atoms. The summed E-state index contributed by atoms with van der Waals surface area (Å²) >= 11 is 0. The van der Waals surface area contributed by atoms with Gasteiger partial charge in [-0.3, -0.25) is 9.69 Å². The van der Waals surface area contributed by atoms with Crippen LogP contribution >= 0.6 is 0 Å². The number of aromatic nitrogens is 1. The van der Waals surface area contributed by atoms with Crippen molar-refractivity contribution in [3.63, 3.8) is 0 Å². The van der Waals surface area contributed by atoms with Crippen LogP contribution in [0.5, 0.6) is 17.4 Å². The minimum absolute atomic E-state index is 0.0735. The topological polar surface area (TPSA) is 81.1 Å². The maximum absolute atomic E-state index is 11.1. The van der Waals surface area contributed by atoms with Gasteiger partial charge in [-0.2, -0.15) is 0 Å². The Morgan fingerprint density at radius 1 is 1.08 bits per heavy atom. The largest absolute Gasteiger partial charge is 0.493 e. The van der Waals surface area contributed by atoms with Gasteiger partial charge in [-0.1, -0.05) is 18.2 Å². The van der Waals surface area contributed by atoms with Gasteiger partial charge < -0.3 is 19.3 Å². The molecule has 7 nitrogen and oxygen atoms in total. The molecule has 1 aromatic heterocycles. The smallest absolute Gasteiger partial charge is 0.304 e. The predicted molar refractivity (Wildman–Crippen MR) is 142 cm³/mol. The summed E-state index contributed by atoms with van der Waals surface area (Å²) in [5.74, 6) is 1.27. The van der Waals surface area contributed by atoms with Crippen molar-refractivity contribution in [1.82, 2.24) is 9.88 Å². The molecule has 1 unspecified atom stereocenters. The molecule has 0 radical (unpaired) electrons. The Balaban J connectivity index is 1.23. The van der Waals surface area contributed by atoms with Crippen LogP contribution in [0.25, 0.3) is 11.3 Å². The fourth-order valence-corrected chi connectivity index (χ4v) is 5.29. The molecule has 1 atom stereocenters. The van der Waals surface area contributed by atoms with Crippen molar-refractivity contribution in [2.24, 2.45) is 0 Å². The van der Waals surface area contributed by atoms with Crippen LogP contribution in [0.3, 0.4) is 0 Å². The second-order valence-electron chi connectivity index (χ2n) is 9.96. The number of rotatable bonds is 10. The maximum Gasteiger partial charge on any atom is 0.304 e.